The summed E-state index contributed by atoms with van der Waals surface area (Å²) in [4.78, 5) is 13.5. The molecular weight excluding hydrogens is 512 g/mol. The number of carbonyl (C=O) groups excluding carboxylic acids is 1. The van der Waals surface area contributed by atoms with Crippen molar-refractivity contribution in [2.75, 3.05) is 20.8 Å². The van der Waals surface area contributed by atoms with Gasteiger partial charge in [-0.1, -0.05) is 52.5 Å². The van der Waals surface area contributed by atoms with Crippen LogP contribution in [0.1, 0.15) is 92.9 Å². The Morgan fingerprint density at radius 3 is 2.55 bits per heavy atom. The van der Waals surface area contributed by atoms with Crippen molar-refractivity contribution in [3.63, 3.8) is 0 Å². The monoisotopic (exact) mass is 564 g/mol. The van der Waals surface area contributed by atoms with Crippen LogP contribution in [0.2, 0.25) is 0 Å². The zero-order chi connectivity index (χ0) is 29.5. The zero-order valence-electron chi connectivity index (χ0n) is 25.8. The molecule has 1 spiro atoms. The fraction of sp³-hybridized carbons (Fsp3) is 0.844. The third-order valence-corrected chi connectivity index (χ3v) is 10.6. The molecule has 8 nitrogen and oxygen atoms in total. The van der Waals surface area contributed by atoms with E-state index < -0.39 is 47.9 Å². The number of fused-ring (bicyclic) bond motifs is 2. The Balaban J connectivity index is 1.50. The normalized spacial score (nSPS) is 39.2. The predicted octanol–water partition coefficient (Wildman–Crippen LogP) is 5.06. The number of epoxide rings is 1. The Hall–Kier alpha value is -1.29. The van der Waals surface area contributed by atoms with Gasteiger partial charge in [-0.2, -0.15) is 0 Å². The van der Waals surface area contributed by atoms with Gasteiger partial charge in [0.1, 0.15) is 17.8 Å². The Labute approximate surface area is 240 Å². The molecule has 40 heavy (non-hydrogen) atoms. The maximum atomic E-state index is 13.5. The van der Waals surface area contributed by atoms with E-state index in [0.717, 1.165) is 43.3 Å². The first kappa shape index (κ1) is 31.6. The van der Waals surface area contributed by atoms with Gasteiger partial charge in [0, 0.05) is 32.2 Å². The molecule has 0 aromatic rings. The molecule has 4 rings (SSSR count). The van der Waals surface area contributed by atoms with Crippen molar-refractivity contribution < 1.29 is 38.7 Å². The summed E-state index contributed by atoms with van der Waals surface area (Å²) in [7, 11) is 3.26. The van der Waals surface area contributed by atoms with E-state index in [2.05, 4.69) is 20.8 Å². The van der Waals surface area contributed by atoms with Crippen molar-refractivity contribution in [3.8, 4) is 0 Å². The van der Waals surface area contributed by atoms with Crippen LogP contribution in [-0.2, 0) is 28.5 Å². The van der Waals surface area contributed by atoms with E-state index in [4.69, 9.17) is 23.7 Å². The standard InChI is InChI=1S/C32H52O8/c1-9-10-11-12-13-23(18-33)16-19(2)26(34)22(5)27(35)38-25-15-14-20(3)30(6)17-24-21(4)28(36-7)39-32(24,37-8)29-31(25,30)40-29/h16,20,22-23,25-26,28-29,33-34H,9-15,17-18H2,1-8H3. The van der Waals surface area contributed by atoms with Crippen LogP contribution in [-0.4, -0.2) is 73.0 Å². The van der Waals surface area contributed by atoms with Crippen molar-refractivity contribution in [1.29, 1.82) is 0 Å². The number of aliphatic hydroxyl groups excluding tert-OH is 2. The minimum absolute atomic E-state index is 0.0261. The number of esters is 1. The second kappa shape index (κ2) is 12.1. The van der Waals surface area contributed by atoms with Gasteiger partial charge in [0.25, 0.3) is 0 Å². The minimum Gasteiger partial charge on any atom is -0.459 e. The van der Waals surface area contributed by atoms with Crippen LogP contribution in [0.5, 0.6) is 0 Å². The van der Waals surface area contributed by atoms with Crippen LogP contribution in [0.15, 0.2) is 22.8 Å². The van der Waals surface area contributed by atoms with Crippen molar-refractivity contribution in [2.45, 2.75) is 129 Å². The van der Waals surface area contributed by atoms with Gasteiger partial charge in [0.15, 0.2) is 6.29 Å². The maximum absolute atomic E-state index is 13.5. The smallest absolute Gasteiger partial charge is 0.312 e. The highest BCUT2D eigenvalue weighted by molar-refractivity contribution is 5.73. The number of carbonyl (C=O) groups is 1. The van der Waals surface area contributed by atoms with Crippen LogP contribution < -0.4 is 0 Å². The van der Waals surface area contributed by atoms with Gasteiger partial charge in [-0.25, -0.2) is 0 Å². The van der Waals surface area contributed by atoms with E-state index in [1.54, 1.807) is 21.1 Å². The molecule has 10 unspecified atom stereocenters. The second-order valence-electron chi connectivity index (χ2n) is 12.9. The molecule has 1 saturated heterocycles. The summed E-state index contributed by atoms with van der Waals surface area (Å²) in [6, 6.07) is 0. The van der Waals surface area contributed by atoms with Crippen LogP contribution in [0.3, 0.4) is 0 Å². The quantitative estimate of drug-likeness (QED) is 0.138. The number of hydrogen-bond donors (Lipinski definition) is 2. The molecular formula is C32H52O8. The third kappa shape index (κ3) is 5.01. The molecule has 2 aliphatic carbocycles. The Morgan fingerprint density at radius 1 is 1.20 bits per heavy atom. The summed E-state index contributed by atoms with van der Waals surface area (Å²) in [5.74, 6) is -1.96. The molecule has 0 aromatic carbocycles. The van der Waals surface area contributed by atoms with Gasteiger partial charge in [-0.05, 0) is 69.1 Å². The summed E-state index contributed by atoms with van der Waals surface area (Å²) in [5.41, 5.74) is 1.75. The molecule has 0 amide bonds. The summed E-state index contributed by atoms with van der Waals surface area (Å²) >= 11 is 0. The maximum Gasteiger partial charge on any atom is 0.312 e. The first-order valence-electron chi connectivity index (χ1n) is 15.3. The number of unbranched alkanes of at least 4 members (excludes halogenated alkanes) is 3. The molecule has 228 valence electrons. The molecule has 0 radical (unpaired) electrons. The highest BCUT2D eigenvalue weighted by Crippen LogP contribution is 2.72. The highest BCUT2D eigenvalue weighted by Gasteiger charge is 2.85. The van der Waals surface area contributed by atoms with Crippen molar-refractivity contribution >= 4 is 5.97 Å². The number of aliphatic hydroxyl groups is 2. The summed E-state index contributed by atoms with van der Waals surface area (Å²) < 4.78 is 30.8. The van der Waals surface area contributed by atoms with Crippen molar-refractivity contribution in [2.24, 2.45) is 23.2 Å². The number of hydrogen-bond acceptors (Lipinski definition) is 8. The Bertz CT molecular complexity index is 991. The molecule has 2 heterocycles. The first-order chi connectivity index (χ1) is 19.0. The van der Waals surface area contributed by atoms with Crippen LogP contribution >= 0.6 is 0 Å². The first-order valence-corrected chi connectivity index (χ1v) is 15.3. The van der Waals surface area contributed by atoms with Gasteiger partial charge in [0.05, 0.1) is 12.0 Å². The van der Waals surface area contributed by atoms with Gasteiger partial charge >= 0.3 is 5.97 Å². The van der Waals surface area contributed by atoms with E-state index in [1.165, 1.54) is 6.42 Å². The number of rotatable bonds is 13. The molecule has 2 aliphatic heterocycles. The molecule has 4 aliphatic rings. The fourth-order valence-electron chi connectivity index (χ4n) is 7.74. The lowest BCUT2D eigenvalue weighted by Gasteiger charge is -2.53. The van der Waals surface area contributed by atoms with E-state index in [0.29, 0.717) is 24.3 Å². The number of ether oxygens (including phenoxy) is 5. The lowest BCUT2D eigenvalue weighted by Crippen LogP contribution is -2.63. The van der Waals surface area contributed by atoms with Gasteiger partial charge in [-0.3, -0.25) is 4.79 Å². The van der Waals surface area contributed by atoms with E-state index >= 15 is 0 Å². The topological polar surface area (TPSA) is 107 Å². The lowest BCUT2D eigenvalue weighted by molar-refractivity contribution is -0.264. The molecule has 3 fully saturated rings. The van der Waals surface area contributed by atoms with E-state index in [-0.39, 0.29) is 17.9 Å². The van der Waals surface area contributed by atoms with Gasteiger partial charge < -0.3 is 33.9 Å². The molecule has 2 saturated carbocycles. The average molecular weight is 565 g/mol. The fourth-order valence-corrected chi connectivity index (χ4v) is 7.74. The van der Waals surface area contributed by atoms with Crippen molar-refractivity contribution in [1.82, 2.24) is 0 Å². The third-order valence-electron chi connectivity index (χ3n) is 10.6. The Kier molecular flexibility index (Phi) is 9.60. The number of methoxy groups -OCH3 is 2. The van der Waals surface area contributed by atoms with Crippen LogP contribution in [0, 0.1) is 23.2 Å². The minimum atomic E-state index is -1.06. The molecule has 0 bridgehead atoms. The molecule has 0 aromatic heterocycles. The van der Waals surface area contributed by atoms with Crippen molar-refractivity contribution in [3.05, 3.63) is 22.8 Å². The largest absolute Gasteiger partial charge is 0.459 e. The van der Waals surface area contributed by atoms with E-state index in [1.807, 2.05) is 19.9 Å². The highest BCUT2D eigenvalue weighted by atomic mass is 16.8. The summed E-state index contributed by atoms with van der Waals surface area (Å²) in [6.07, 6.45) is 7.18. The molecule has 8 heteroatoms. The second-order valence-corrected chi connectivity index (χ2v) is 12.9. The SMILES string of the molecule is CCCCCCC(C=C(C)C(O)C(C)C(=O)OC1CCC(C)C2(C)CC3=C(C)C(OC)OC3(OC)C3OC132)CO. The summed E-state index contributed by atoms with van der Waals surface area (Å²) in [6.45, 7) is 12.2. The summed E-state index contributed by atoms with van der Waals surface area (Å²) in [5, 5.41) is 20.9. The van der Waals surface area contributed by atoms with Crippen LogP contribution in [0.4, 0.5) is 0 Å². The van der Waals surface area contributed by atoms with Crippen LogP contribution in [0.25, 0.3) is 0 Å². The average Bonchev–Trinajstić information content (AvgIpc) is 3.66. The Morgan fingerprint density at radius 2 is 1.93 bits per heavy atom. The van der Waals surface area contributed by atoms with Gasteiger partial charge in [0.2, 0.25) is 5.79 Å². The molecule has 10 atom stereocenters. The van der Waals surface area contributed by atoms with E-state index in [9.17, 15) is 15.0 Å². The zero-order valence-corrected chi connectivity index (χ0v) is 25.8. The predicted molar refractivity (Wildman–Crippen MR) is 151 cm³/mol. The molecule has 2 N–H and O–H groups in total. The van der Waals surface area contributed by atoms with Gasteiger partial charge in [-0.15, -0.1) is 0 Å². The lowest BCUT2D eigenvalue weighted by atomic mass is 9.52.